The summed E-state index contributed by atoms with van der Waals surface area (Å²) in [6.07, 6.45) is -1.63. The molecule has 0 saturated heterocycles. The Bertz CT molecular complexity index is 2620. The number of hydrogen-bond donors (Lipinski definition) is 6. The van der Waals surface area contributed by atoms with Crippen molar-refractivity contribution < 1.29 is 48.1 Å². The highest BCUT2D eigenvalue weighted by Gasteiger charge is 2.18. The van der Waals surface area contributed by atoms with Crippen molar-refractivity contribution in [2.45, 2.75) is 59.4 Å². The molecule has 0 fully saturated rings. The minimum absolute atomic E-state index is 0.116. The highest BCUT2D eigenvalue weighted by Crippen LogP contribution is 2.19. The number of ether oxygens (including phenoxy) is 3. The van der Waals surface area contributed by atoms with E-state index in [-0.39, 0.29) is 23.9 Å². The Morgan fingerprint density at radius 1 is 0.500 bits per heavy atom. The molecule has 0 atom stereocenters. The fraction of sp³-hybridized carbons (Fsp3) is 0.173. The molecule has 6 aromatic carbocycles. The minimum Gasteiger partial charge on any atom is -0.478 e. The Morgan fingerprint density at radius 3 is 1.43 bits per heavy atom. The third-order valence-corrected chi connectivity index (χ3v) is 8.33. The van der Waals surface area contributed by atoms with Crippen LogP contribution in [0.15, 0.2) is 158 Å². The fourth-order valence-electron chi connectivity index (χ4n) is 5.44. The largest absolute Gasteiger partial charge is 0.478 e. The van der Waals surface area contributed by atoms with Crippen molar-refractivity contribution in [3.8, 4) is 6.57 Å². The maximum absolute atomic E-state index is 12.6. The molecular formula is C52H54N6O10. The molecule has 0 aliphatic carbocycles. The average Bonchev–Trinajstić information content (AvgIpc) is 3.29. The van der Waals surface area contributed by atoms with Crippen LogP contribution in [0.4, 0.5) is 42.8 Å². The number of carboxylic acid groups (broad SMARTS) is 1. The molecule has 0 unspecified atom stereocenters. The van der Waals surface area contributed by atoms with Gasteiger partial charge in [0.25, 0.3) is 5.91 Å². The Hall–Kier alpha value is -8.97. The first kappa shape index (κ1) is 53.4. The first-order valence-electron chi connectivity index (χ1n) is 20.8. The van der Waals surface area contributed by atoms with E-state index in [0.29, 0.717) is 45.1 Å². The van der Waals surface area contributed by atoms with Gasteiger partial charge in [-0.15, -0.1) is 0 Å². The van der Waals surface area contributed by atoms with E-state index in [0.717, 1.165) is 5.56 Å². The summed E-state index contributed by atoms with van der Waals surface area (Å²) in [4.78, 5) is 70.6. The van der Waals surface area contributed by atoms with Crippen molar-refractivity contribution in [1.82, 2.24) is 0 Å². The highest BCUT2D eigenvalue weighted by molar-refractivity contribution is 6.10. The number of nitrogens with zero attached hydrogens (tertiary/aromatic N) is 1. The number of benzene rings is 6. The number of nitrogens with two attached hydrogens (primary N) is 1. The molecule has 0 aliphatic heterocycles. The highest BCUT2D eigenvalue weighted by atomic mass is 16.6. The number of rotatable bonds is 10. The van der Waals surface area contributed by atoms with Crippen LogP contribution in [0.25, 0.3) is 0 Å². The van der Waals surface area contributed by atoms with Gasteiger partial charge in [0.2, 0.25) is 0 Å². The zero-order chi connectivity index (χ0) is 50.3. The number of carbonyl (C=O) groups is 6. The van der Waals surface area contributed by atoms with Crippen LogP contribution in [0.3, 0.4) is 0 Å². The SMILES string of the molecule is C#N.CC(C)(C)OC(=O)Nc1ccc(C(=O)Nc2cccc(C(=O)c3ccccc3)c2)cc1.CC(C)(C)OC(=O)Nc1ccc(C(=O)O)cc1.Nc1cccc(NC(=O)OCc2ccccc2)c1. The molecule has 0 bridgehead atoms. The molecule has 6 rings (SSSR count). The van der Waals surface area contributed by atoms with Gasteiger partial charge in [0.05, 0.1) is 5.56 Å². The zero-order valence-electron chi connectivity index (χ0n) is 38.4. The molecule has 0 saturated carbocycles. The second-order valence-electron chi connectivity index (χ2n) is 16.3. The van der Waals surface area contributed by atoms with E-state index in [4.69, 9.17) is 30.3 Å². The van der Waals surface area contributed by atoms with Gasteiger partial charge in [0.15, 0.2) is 5.78 Å². The maximum Gasteiger partial charge on any atom is 0.412 e. The first-order valence-corrected chi connectivity index (χ1v) is 20.8. The molecule has 7 N–H and O–H groups in total. The molecule has 0 spiro atoms. The molecule has 16 heteroatoms. The quantitative estimate of drug-likeness (QED) is 0.0426. The molecule has 0 heterocycles. The Balaban J connectivity index is 0.000000284. The molecule has 6 aromatic rings. The summed E-state index contributed by atoms with van der Waals surface area (Å²) in [6.45, 7) is 14.4. The Kier molecular flexibility index (Phi) is 20.5. The Labute approximate surface area is 395 Å². The van der Waals surface area contributed by atoms with Crippen molar-refractivity contribution in [1.29, 1.82) is 5.26 Å². The lowest BCUT2D eigenvalue weighted by molar-refractivity contribution is 0.0624. The number of ketones is 1. The van der Waals surface area contributed by atoms with Crippen LogP contribution >= 0.6 is 0 Å². The van der Waals surface area contributed by atoms with Gasteiger partial charge in [-0.2, -0.15) is 0 Å². The monoisotopic (exact) mass is 922 g/mol. The number of anilines is 5. The molecular weight excluding hydrogens is 869 g/mol. The maximum atomic E-state index is 12.6. The van der Waals surface area contributed by atoms with Crippen LogP contribution in [0.5, 0.6) is 0 Å². The third-order valence-electron chi connectivity index (χ3n) is 8.33. The number of amides is 4. The van der Waals surface area contributed by atoms with Gasteiger partial charge >= 0.3 is 24.2 Å². The van der Waals surface area contributed by atoms with E-state index in [1.807, 2.05) is 36.4 Å². The van der Waals surface area contributed by atoms with Crippen molar-refractivity contribution in [2.24, 2.45) is 0 Å². The van der Waals surface area contributed by atoms with Crippen LogP contribution < -0.4 is 27.0 Å². The first-order chi connectivity index (χ1) is 32.2. The van der Waals surface area contributed by atoms with Crippen molar-refractivity contribution in [3.63, 3.8) is 0 Å². The van der Waals surface area contributed by atoms with Crippen LogP contribution in [-0.4, -0.2) is 52.2 Å². The fourth-order valence-corrected chi connectivity index (χ4v) is 5.44. The molecule has 16 nitrogen and oxygen atoms in total. The van der Waals surface area contributed by atoms with Gasteiger partial charge in [-0.25, -0.2) is 24.4 Å². The van der Waals surface area contributed by atoms with Gasteiger partial charge in [0.1, 0.15) is 17.8 Å². The molecule has 352 valence electrons. The molecule has 0 radical (unpaired) electrons. The summed E-state index contributed by atoms with van der Waals surface area (Å²) in [5.74, 6) is -1.45. The number of nitrogens with one attached hydrogen (secondary N) is 4. The van der Waals surface area contributed by atoms with E-state index in [1.54, 1.807) is 139 Å². The number of aromatic carboxylic acids is 1. The topological polar surface area (TPSA) is 248 Å². The summed E-state index contributed by atoms with van der Waals surface area (Å²) >= 11 is 0. The van der Waals surface area contributed by atoms with Gasteiger partial charge in [0, 0.05) is 51.7 Å². The van der Waals surface area contributed by atoms with Crippen LogP contribution in [0.2, 0.25) is 0 Å². The second kappa shape index (κ2) is 26.1. The van der Waals surface area contributed by atoms with E-state index < -0.39 is 35.5 Å². The predicted molar refractivity (Wildman–Crippen MR) is 262 cm³/mol. The lowest BCUT2D eigenvalue weighted by Gasteiger charge is -2.19. The molecule has 0 aliphatic rings. The standard InChI is InChI=1S/C25H24N2O4.C14H14N2O2.C12H15NO4.CHN/c1-25(2,3)31-24(30)27-20-14-12-18(13-15-20)23(29)26-21-11-7-10-19(16-21)22(28)17-8-5-4-6-9-17;15-12-7-4-8-13(9-12)16-14(17)18-10-11-5-2-1-3-6-11;1-12(2,3)17-11(16)13-9-6-4-8(5-7-9)10(14)15;1-2/h4-16H,1-3H3,(H,26,29)(H,27,30);1-9H,10,15H2,(H,16,17);4-7H,1-3H3,(H,13,16)(H,14,15);1H. The molecule has 68 heavy (non-hydrogen) atoms. The van der Waals surface area contributed by atoms with Crippen LogP contribution in [0, 0.1) is 11.8 Å². The lowest BCUT2D eigenvalue weighted by atomic mass is 10.0. The van der Waals surface area contributed by atoms with Crippen molar-refractivity contribution in [3.05, 3.63) is 186 Å². The summed E-state index contributed by atoms with van der Waals surface area (Å²) in [7, 11) is 0. The zero-order valence-corrected chi connectivity index (χ0v) is 38.4. The summed E-state index contributed by atoms with van der Waals surface area (Å²) in [5.41, 5.74) is 9.77. The molecule has 4 amide bonds. The predicted octanol–water partition coefficient (Wildman–Crippen LogP) is 11.4. The summed E-state index contributed by atoms with van der Waals surface area (Å²) < 4.78 is 15.3. The van der Waals surface area contributed by atoms with Gasteiger partial charge in [-0.1, -0.05) is 78.9 Å². The smallest absolute Gasteiger partial charge is 0.412 e. The van der Waals surface area contributed by atoms with E-state index in [9.17, 15) is 28.8 Å². The van der Waals surface area contributed by atoms with Crippen molar-refractivity contribution >= 4 is 64.4 Å². The normalized spacial score (nSPS) is 10.2. The van der Waals surface area contributed by atoms with Crippen molar-refractivity contribution in [2.75, 3.05) is 27.0 Å². The lowest BCUT2D eigenvalue weighted by Crippen LogP contribution is -2.27. The summed E-state index contributed by atoms with van der Waals surface area (Å²) in [6, 6.07) is 44.5. The molecule has 0 aromatic heterocycles. The van der Waals surface area contributed by atoms with Crippen LogP contribution in [-0.2, 0) is 20.8 Å². The van der Waals surface area contributed by atoms with Gasteiger partial charge < -0.3 is 30.4 Å². The number of hydrogen-bond acceptors (Lipinski definition) is 11. The number of carboxylic acids is 1. The van der Waals surface area contributed by atoms with Gasteiger partial charge in [-0.3, -0.25) is 25.5 Å². The van der Waals surface area contributed by atoms with E-state index in [2.05, 4.69) is 27.8 Å². The number of carbonyl (C=O) groups excluding carboxylic acids is 5. The second-order valence-corrected chi connectivity index (χ2v) is 16.3. The van der Waals surface area contributed by atoms with Crippen LogP contribution in [0.1, 0.15) is 83.7 Å². The minimum atomic E-state index is -1.01. The van der Waals surface area contributed by atoms with E-state index in [1.165, 1.54) is 24.3 Å². The third kappa shape index (κ3) is 20.2. The average molecular weight is 923 g/mol. The van der Waals surface area contributed by atoms with Gasteiger partial charge in [-0.05, 0) is 126 Å². The van der Waals surface area contributed by atoms with E-state index >= 15 is 0 Å². The summed E-state index contributed by atoms with van der Waals surface area (Å²) in [5, 5.41) is 25.7. The number of nitrogen functional groups attached to an aromatic ring is 1. The number of nitriles is 1. The Morgan fingerprint density at radius 2 is 0.941 bits per heavy atom.